The highest BCUT2D eigenvalue weighted by Crippen LogP contribution is 2.16. The molecule has 0 aliphatic rings. The lowest BCUT2D eigenvalue weighted by Gasteiger charge is -2.12. The lowest BCUT2D eigenvalue weighted by Crippen LogP contribution is -2.29. The highest BCUT2D eigenvalue weighted by molar-refractivity contribution is 5.84. The number of carbonyl (C=O) groups excluding carboxylic acids is 4. The maximum atomic E-state index is 12.3. The molecule has 0 unspecified atom stereocenters. The Morgan fingerprint density at radius 3 is 1.64 bits per heavy atom. The van der Waals surface area contributed by atoms with E-state index < -0.39 is 17.9 Å². The maximum Gasteiger partial charge on any atom is 0.306 e. The van der Waals surface area contributed by atoms with Gasteiger partial charge < -0.3 is 34.5 Å². The summed E-state index contributed by atoms with van der Waals surface area (Å²) in [7, 11) is 0. The van der Waals surface area contributed by atoms with Gasteiger partial charge in [-0.3, -0.25) is 28.8 Å². The predicted octanol–water partition coefficient (Wildman–Crippen LogP) is 4.31. The number of carboxylic acids is 2. The van der Waals surface area contributed by atoms with E-state index >= 15 is 0 Å². The lowest BCUT2D eigenvalue weighted by molar-refractivity contribution is -0.144. The lowest BCUT2D eigenvalue weighted by atomic mass is 9.94. The second-order valence-corrected chi connectivity index (χ2v) is 11.8. The van der Waals surface area contributed by atoms with Crippen LogP contribution in [0.2, 0.25) is 0 Å². The van der Waals surface area contributed by atoms with Crippen LogP contribution in [-0.4, -0.2) is 105 Å². The van der Waals surface area contributed by atoms with Crippen LogP contribution in [0.5, 0.6) is 0 Å². The Morgan fingerprint density at radius 2 is 1.06 bits per heavy atom. The minimum absolute atomic E-state index is 0.00765. The van der Waals surface area contributed by atoms with Crippen LogP contribution in [0.1, 0.15) is 116 Å². The van der Waals surface area contributed by atoms with Crippen LogP contribution in [0.25, 0.3) is 0 Å². The third-order valence-corrected chi connectivity index (χ3v) is 7.26. The molecule has 0 aromatic rings. The molecule has 0 heterocycles. The molecule has 0 spiro atoms. The summed E-state index contributed by atoms with van der Waals surface area (Å²) < 4.78 is 21.1. The standard InChI is InChI=1S/C34H59NO12/c1-28(36)26-46-23-21-44-19-12-14-31(38)27-47-24-22-45-20-18-35-32(39)17-16-29(34(42)43)25-30(37)13-10-8-6-4-2-3-5-7-9-11-15-33(40)41/h29H,2-27H2,1H3,(H,35,39)(H,40,41)(H,42,43)/t29-/m1/s1. The zero-order chi connectivity index (χ0) is 35.0. The molecule has 0 aromatic carbocycles. The van der Waals surface area contributed by atoms with Crippen LogP contribution < -0.4 is 5.32 Å². The van der Waals surface area contributed by atoms with Gasteiger partial charge in [-0.05, 0) is 32.6 Å². The monoisotopic (exact) mass is 673 g/mol. The number of carboxylic acid groups (broad SMARTS) is 2. The van der Waals surface area contributed by atoms with Crippen LogP contribution in [0.15, 0.2) is 0 Å². The van der Waals surface area contributed by atoms with Crippen molar-refractivity contribution in [3.63, 3.8) is 0 Å². The van der Waals surface area contributed by atoms with Crippen LogP contribution >= 0.6 is 0 Å². The van der Waals surface area contributed by atoms with E-state index in [1.54, 1.807) is 0 Å². The molecule has 0 aliphatic carbocycles. The molecule has 0 saturated heterocycles. The smallest absolute Gasteiger partial charge is 0.306 e. The van der Waals surface area contributed by atoms with E-state index in [1.807, 2.05) is 0 Å². The number of carbonyl (C=O) groups is 6. The average molecular weight is 674 g/mol. The van der Waals surface area contributed by atoms with Gasteiger partial charge in [-0.2, -0.15) is 0 Å². The van der Waals surface area contributed by atoms with Crippen LogP contribution in [-0.2, 0) is 47.7 Å². The normalized spacial score (nSPS) is 11.7. The summed E-state index contributed by atoms with van der Waals surface area (Å²) in [5.74, 6) is -3.17. The molecular weight excluding hydrogens is 614 g/mol. The number of hydrogen-bond acceptors (Lipinski definition) is 10. The van der Waals surface area contributed by atoms with E-state index in [0.29, 0.717) is 39.1 Å². The Kier molecular flexibility index (Phi) is 30.0. The van der Waals surface area contributed by atoms with Crippen molar-refractivity contribution in [3.8, 4) is 0 Å². The second-order valence-electron chi connectivity index (χ2n) is 11.8. The first kappa shape index (κ1) is 44.3. The van der Waals surface area contributed by atoms with E-state index in [9.17, 15) is 33.9 Å². The highest BCUT2D eigenvalue weighted by atomic mass is 16.5. The van der Waals surface area contributed by atoms with Gasteiger partial charge in [0.2, 0.25) is 5.91 Å². The van der Waals surface area contributed by atoms with Crippen molar-refractivity contribution >= 4 is 35.2 Å². The molecule has 1 atom stereocenters. The van der Waals surface area contributed by atoms with E-state index in [-0.39, 0.29) is 88.5 Å². The van der Waals surface area contributed by atoms with E-state index in [2.05, 4.69) is 5.32 Å². The van der Waals surface area contributed by atoms with Gasteiger partial charge in [0.15, 0.2) is 11.6 Å². The number of ketones is 3. The first-order valence-electron chi connectivity index (χ1n) is 17.2. The number of aliphatic carboxylic acids is 2. The fourth-order valence-electron chi connectivity index (χ4n) is 4.64. The number of ether oxygens (including phenoxy) is 4. The number of rotatable bonds is 36. The Hall–Kier alpha value is -2.74. The molecular formula is C34H59NO12. The summed E-state index contributed by atoms with van der Waals surface area (Å²) in [6.45, 7) is 3.60. The molecule has 13 heteroatoms. The highest BCUT2D eigenvalue weighted by Gasteiger charge is 2.22. The Morgan fingerprint density at radius 1 is 0.553 bits per heavy atom. The fourth-order valence-corrected chi connectivity index (χ4v) is 4.64. The van der Waals surface area contributed by atoms with Gasteiger partial charge in [-0.1, -0.05) is 51.4 Å². The molecule has 0 bridgehead atoms. The Labute approximate surface area is 279 Å². The predicted molar refractivity (Wildman–Crippen MR) is 174 cm³/mol. The molecule has 3 N–H and O–H groups in total. The molecule has 0 aromatic heterocycles. The minimum atomic E-state index is -1.07. The number of amides is 1. The van der Waals surface area contributed by atoms with Crippen LogP contribution in [0.4, 0.5) is 0 Å². The number of hydrogen-bond donors (Lipinski definition) is 3. The largest absolute Gasteiger partial charge is 0.481 e. The van der Waals surface area contributed by atoms with Crippen molar-refractivity contribution in [1.82, 2.24) is 5.32 Å². The molecule has 0 rings (SSSR count). The number of Topliss-reactive ketones (excluding diaryl/α,β-unsaturated/α-hetero) is 3. The summed E-state index contributed by atoms with van der Waals surface area (Å²) in [4.78, 5) is 69.1. The minimum Gasteiger partial charge on any atom is -0.481 e. The molecule has 0 aliphatic heterocycles. The topological polar surface area (TPSA) is 192 Å². The van der Waals surface area contributed by atoms with E-state index in [1.165, 1.54) is 6.92 Å². The number of unbranched alkanes of at least 4 members (excludes halogenated alkanes) is 9. The van der Waals surface area contributed by atoms with Gasteiger partial charge in [-0.25, -0.2) is 0 Å². The average Bonchev–Trinajstić information content (AvgIpc) is 3.01. The molecule has 1 amide bonds. The van der Waals surface area contributed by atoms with Gasteiger partial charge >= 0.3 is 11.9 Å². The van der Waals surface area contributed by atoms with Crippen molar-refractivity contribution in [2.24, 2.45) is 5.92 Å². The molecule has 272 valence electrons. The first-order chi connectivity index (χ1) is 22.6. The quantitative estimate of drug-likeness (QED) is 0.0800. The second kappa shape index (κ2) is 31.8. The molecule has 47 heavy (non-hydrogen) atoms. The van der Waals surface area contributed by atoms with Crippen molar-refractivity contribution in [2.45, 2.75) is 116 Å². The van der Waals surface area contributed by atoms with Crippen molar-refractivity contribution in [2.75, 3.05) is 59.4 Å². The summed E-state index contributed by atoms with van der Waals surface area (Å²) in [5, 5.41) is 20.8. The van der Waals surface area contributed by atoms with Gasteiger partial charge in [0.1, 0.15) is 19.0 Å². The van der Waals surface area contributed by atoms with Crippen molar-refractivity contribution < 1.29 is 57.9 Å². The Balaban J connectivity index is 3.70. The van der Waals surface area contributed by atoms with Gasteiger partial charge in [0, 0.05) is 45.3 Å². The summed E-state index contributed by atoms with van der Waals surface area (Å²) in [6.07, 6.45) is 11.4. The molecule has 13 nitrogen and oxygen atoms in total. The summed E-state index contributed by atoms with van der Waals surface area (Å²) >= 11 is 0. The summed E-state index contributed by atoms with van der Waals surface area (Å²) in [6, 6.07) is 0. The first-order valence-corrected chi connectivity index (χ1v) is 17.2. The van der Waals surface area contributed by atoms with E-state index in [0.717, 1.165) is 64.2 Å². The van der Waals surface area contributed by atoms with Gasteiger partial charge in [0.05, 0.1) is 39.0 Å². The zero-order valence-electron chi connectivity index (χ0n) is 28.4. The van der Waals surface area contributed by atoms with E-state index in [4.69, 9.17) is 24.1 Å². The molecule has 0 saturated carbocycles. The third-order valence-electron chi connectivity index (χ3n) is 7.26. The van der Waals surface area contributed by atoms with Gasteiger partial charge in [0.25, 0.3) is 0 Å². The van der Waals surface area contributed by atoms with Crippen molar-refractivity contribution in [1.29, 1.82) is 0 Å². The van der Waals surface area contributed by atoms with Crippen molar-refractivity contribution in [3.05, 3.63) is 0 Å². The van der Waals surface area contributed by atoms with Gasteiger partial charge in [-0.15, -0.1) is 0 Å². The number of nitrogens with one attached hydrogen (secondary N) is 1. The summed E-state index contributed by atoms with van der Waals surface area (Å²) in [5.41, 5.74) is 0. The zero-order valence-corrected chi connectivity index (χ0v) is 28.4. The molecule has 0 radical (unpaired) electrons. The Bertz CT molecular complexity index is 879. The SMILES string of the molecule is CC(=O)COCCOCCCC(=O)COCCOCCNC(=O)CC[C@H](CC(=O)CCCCCCCCCCCCC(=O)O)C(=O)O. The fraction of sp³-hybridized carbons (Fsp3) is 0.824. The third kappa shape index (κ3) is 33.0. The van der Waals surface area contributed by atoms with Crippen LogP contribution in [0.3, 0.4) is 0 Å². The maximum absolute atomic E-state index is 12.3. The van der Waals surface area contributed by atoms with Crippen LogP contribution in [0, 0.1) is 5.92 Å². The molecule has 0 fully saturated rings.